The molecule has 0 aliphatic rings. The summed E-state index contributed by atoms with van der Waals surface area (Å²) in [4.78, 5) is 11.6. The lowest BCUT2D eigenvalue weighted by atomic mass is 10.1. The van der Waals surface area contributed by atoms with E-state index >= 15 is 0 Å². The van der Waals surface area contributed by atoms with Gasteiger partial charge in [0.2, 0.25) is 5.91 Å². The highest BCUT2D eigenvalue weighted by atomic mass is 127. The van der Waals surface area contributed by atoms with E-state index in [4.69, 9.17) is 4.42 Å². The molecule has 0 saturated heterocycles. The van der Waals surface area contributed by atoms with Crippen LogP contribution < -0.4 is 5.32 Å². The van der Waals surface area contributed by atoms with Crippen molar-refractivity contribution in [2.45, 2.75) is 12.7 Å². The summed E-state index contributed by atoms with van der Waals surface area (Å²) in [6.07, 6.45) is -1.53. The summed E-state index contributed by atoms with van der Waals surface area (Å²) >= 11 is 2.01. The van der Waals surface area contributed by atoms with Gasteiger partial charge in [-0.2, -0.15) is 13.2 Å². The molecule has 0 bridgehead atoms. The van der Waals surface area contributed by atoms with Gasteiger partial charge in [0, 0.05) is 12.6 Å². The number of carbonyl (C=O) groups excluding carboxylic acids is 1. The van der Waals surface area contributed by atoms with Crippen LogP contribution in [0.1, 0.15) is 16.9 Å². The number of rotatable bonds is 4. The molecule has 2 aromatic rings. The van der Waals surface area contributed by atoms with Crippen molar-refractivity contribution in [2.24, 2.45) is 0 Å². The van der Waals surface area contributed by atoms with Crippen LogP contribution in [0.2, 0.25) is 0 Å². The van der Waals surface area contributed by atoms with Gasteiger partial charge in [-0.3, -0.25) is 4.79 Å². The predicted octanol–water partition coefficient (Wildman–Crippen LogP) is 4.23. The quantitative estimate of drug-likeness (QED) is 0.593. The van der Waals surface area contributed by atoms with Crippen LogP contribution in [0.4, 0.5) is 13.2 Å². The first-order valence-electron chi connectivity index (χ1n) is 6.22. The van der Waals surface area contributed by atoms with Gasteiger partial charge in [0.05, 0.1) is 5.56 Å². The van der Waals surface area contributed by atoms with Gasteiger partial charge in [-0.1, -0.05) is 12.1 Å². The Balaban J connectivity index is 1.87. The number of carbonyl (C=O) groups is 1. The highest BCUT2D eigenvalue weighted by Crippen LogP contribution is 2.29. The van der Waals surface area contributed by atoms with E-state index in [-0.39, 0.29) is 12.5 Å². The fourth-order valence-corrected chi connectivity index (χ4v) is 2.07. The molecule has 0 saturated carbocycles. The molecule has 3 nitrogen and oxygen atoms in total. The minimum atomic E-state index is -4.36. The zero-order valence-electron chi connectivity index (χ0n) is 11.2. The number of halogens is 4. The SMILES string of the molecule is O=C(/C=C/c1ccc(I)o1)NCc1ccc(C(F)(F)F)cc1. The molecule has 0 spiro atoms. The molecule has 0 aliphatic heterocycles. The van der Waals surface area contributed by atoms with Gasteiger partial charge in [-0.25, -0.2) is 0 Å². The van der Waals surface area contributed by atoms with Crippen molar-refractivity contribution in [1.29, 1.82) is 0 Å². The zero-order valence-corrected chi connectivity index (χ0v) is 13.3. The fourth-order valence-electron chi connectivity index (χ4n) is 1.64. The summed E-state index contributed by atoms with van der Waals surface area (Å²) in [6.45, 7) is 0.150. The predicted molar refractivity (Wildman–Crippen MR) is 83.7 cm³/mol. The standard InChI is InChI=1S/C15H11F3INO2/c16-15(17,18)11-3-1-10(2-4-11)9-20-14(21)8-6-12-5-7-13(19)22-12/h1-8H,9H2,(H,20,21)/b8-6+. The van der Waals surface area contributed by atoms with E-state index in [0.29, 0.717) is 15.1 Å². The molecular formula is C15H11F3INO2. The van der Waals surface area contributed by atoms with Gasteiger partial charge in [-0.15, -0.1) is 0 Å². The maximum Gasteiger partial charge on any atom is 0.416 e. The van der Waals surface area contributed by atoms with Crippen LogP contribution in [0.5, 0.6) is 0 Å². The first kappa shape index (κ1) is 16.6. The molecule has 1 heterocycles. The molecule has 1 amide bonds. The van der Waals surface area contributed by atoms with E-state index < -0.39 is 11.7 Å². The van der Waals surface area contributed by atoms with E-state index in [1.807, 2.05) is 22.6 Å². The highest BCUT2D eigenvalue weighted by molar-refractivity contribution is 14.1. The molecular weight excluding hydrogens is 410 g/mol. The number of hydrogen-bond acceptors (Lipinski definition) is 2. The number of alkyl halides is 3. The smallest absolute Gasteiger partial charge is 0.416 e. The summed E-state index contributed by atoms with van der Waals surface area (Å²) in [5.41, 5.74) is -0.128. The molecule has 0 aliphatic carbocycles. The average Bonchev–Trinajstić information content (AvgIpc) is 2.88. The van der Waals surface area contributed by atoms with Crippen LogP contribution >= 0.6 is 22.6 Å². The maximum absolute atomic E-state index is 12.4. The first-order chi connectivity index (χ1) is 10.3. The second-order valence-electron chi connectivity index (χ2n) is 4.39. The number of nitrogens with one attached hydrogen (secondary N) is 1. The number of amides is 1. The topological polar surface area (TPSA) is 42.2 Å². The molecule has 0 radical (unpaired) electrons. The fraction of sp³-hybridized carbons (Fsp3) is 0.133. The molecule has 22 heavy (non-hydrogen) atoms. The summed E-state index contributed by atoms with van der Waals surface area (Å²) in [6, 6.07) is 8.13. The van der Waals surface area contributed by atoms with Crippen molar-refractivity contribution in [2.75, 3.05) is 0 Å². The maximum atomic E-state index is 12.4. The summed E-state index contributed by atoms with van der Waals surface area (Å²) < 4.78 is 43.2. The number of hydrogen-bond donors (Lipinski definition) is 1. The van der Waals surface area contributed by atoms with Crippen LogP contribution in [0.3, 0.4) is 0 Å². The van der Waals surface area contributed by atoms with E-state index in [0.717, 1.165) is 12.1 Å². The van der Waals surface area contributed by atoms with Crippen LogP contribution in [0.15, 0.2) is 46.9 Å². The molecule has 0 atom stereocenters. The lowest BCUT2D eigenvalue weighted by Crippen LogP contribution is -2.20. The Kier molecular flexibility index (Phi) is 5.28. The second-order valence-corrected chi connectivity index (χ2v) is 5.45. The minimum absolute atomic E-state index is 0.150. The Morgan fingerprint density at radius 2 is 1.86 bits per heavy atom. The van der Waals surface area contributed by atoms with Gasteiger partial charge in [0.25, 0.3) is 0 Å². The lowest BCUT2D eigenvalue weighted by Gasteiger charge is -2.07. The van der Waals surface area contributed by atoms with Crippen molar-refractivity contribution in [3.05, 3.63) is 63.1 Å². The third-order valence-corrected chi connectivity index (χ3v) is 3.32. The Hall–Kier alpha value is -1.77. The van der Waals surface area contributed by atoms with Crippen LogP contribution in [0, 0.1) is 3.77 Å². The van der Waals surface area contributed by atoms with Crippen LogP contribution in [-0.4, -0.2) is 5.91 Å². The van der Waals surface area contributed by atoms with Crippen molar-refractivity contribution < 1.29 is 22.4 Å². The van der Waals surface area contributed by atoms with Gasteiger partial charge in [-0.05, 0) is 58.5 Å². The highest BCUT2D eigenvalue weighted by Gasteiger charge is 2.29. The summed E-state index contributed by atoms with van der Waals surface area (Å²) in [7, 11) is 0. The van der Waals surface area contributed by atoms with Gasteiger partial charge < -0.3 is 9.73 Å². The molecule has 1 N–H and O–H groups in total. The van der Waals surface area contributed by atoms with Crippen molar-refractivity contribution in [3.63, 3.8) is 0 Å². The van der Waals surface area contributed by atoms with E-state index in [2.05, 4.69) is 5.32 Å². The van der Waals surface area contributed by atoms with E-state index in [1.54, 1.807) is 12.1 Å². The Labute approximate surface area is 138 Å². The van der Waals surface area contributed by atoms with Crippen LogP contribution in [-0.2, 0) is 17.5 Å². The van der Waals surface area contributed by atoms with Crippen molar-refractivity contribution in [3.8, 4) is 0 Å². The molecule has 7 heteroatoms. The Morgan fingerprint density at radius 1 is 1.18 bits per heavy atom. The molecule has 2 rings (SSSR count). The van der Waals surface area contributed by atoms with Gasteiger partial charge >= 0.3 is 6.18 Å². The summed E-state index contributed by atoms with van der Waals surface area (Å²) in [5, 5.41) is 2.58. The Morgan fingerprint density at radius 3 is 2.41 bits per heavy atom. The molecule has 1 aromatic carbocycles. The van der Waals surface area contributed by atoms with E-state index in [9.17, 15) is 18.0 Å². The van der Waals surface area contributed by atoms with E-state index in [1.165, 1.54) is 24.3 Å². The summed E-state index contributed by atoms with van der Waals surface area (Å²) in [5.74, 6) is 0.195. The lowest BCUT2D eigenvalue weighted by molar-refractivity contribution is -0.137. The third-order valence-electron chi connectivity index (χ3n) is 2.74. The van der Waals surface area contributed by atoms with Crippen LogP contribution in [0.25, 0.3) is 6.08 Å². The van der Waals surface area contributed by atoms with Gasteiger partial charge in [0.15, 0.2) is 3.77 Å². The number of benzene rings is 1. The third kappa shape index (κ3) is 4.90. The molecule has 0 fully saturated rings. The monoisotopic (exact) mass is 421 g/mol. The molecule has 116 valence electrons. The largest absolute Gasteiger partial charge is 0.451 e. The Bertz CT molecular complexity index is 675. The number of furan rings is 1. The molecule has 0 unspecified atom stereocenters. The van der Waals surface area contributed by atoms with Gasteiger partial charge in [0.1, 0.15) is 5.76 Å². The molecule has 1 aromatic heterocycles. The van der Waals surface area contributed by atoms with Crippen molar-refractivity contribution >= 4 is 34.6 Å². The second kappa shape index (κ2) is 6.99. The first-order valence-corrected chi connectivity index (χ1v) is 7.30. The minimum Gasteiger partial charge on any atom is -0.451 e. The normalized spacial score (nSPS) is 11.8. The van der Waals surface area contributed by atoms with Crippen molar-refractivity contribution in [1.82, 2.24) is 5.32 Å². The average molecular weight is 421 g/mol. The zero-order chi connectivity index (χ0) is 16.2.